The molecule has 18 heteroatoms. The quantitative estimate of drug-likeness (QED) is 0.0561. The first-order valence-electron chi connectivity index (χ1n) is 27.7. The molecular weight excluding hydrogens is 1160 g/mol. The first-order valence-corrected chi connectivity index (χ1v) is 28.5. The fraction of sp³-hybridized carbons (Fsp3) is 0.371. The molecular formula is C70H92Cl2N4O12. The van der Waals surface area contributed by atoms with E-state index in [9.17, 15) is 34.5 Å². The van der Waals surface area contributed by atoms with Crippen LogP contribution in [0.15, 0.2) is 140 Å². The van der Waals surface area contributed by atoms with Gasteiger partial charge >= 0.3 is 11.9 Å². The largest absolute Gasteiger partial charge is 0.497 e. The van der Waals surface area contributed by atoms with E-state index >= 15 is 0 Å². The van der Waals surface area contributed by atoms with Crippen LogP contribution in [-0.2, 0) is 33.6 Å². The molecule has 88 heavy (non-hydrogen) atoms. The molecule has 16 nitrogen and oxygen atoms in total. The summed E-state index contributed by atoms with van der Waals surface area (Å²) in [5.41, 5.74) is 4.22. The second kappa shape index (κ2) is 34.7. The molecule has 0 bridgehead atoms. The first-order chi connectivity index (χ1) is 40.3. The molecule has 0 saturated heterocycles. The van der Waals surface area contributed by atoms with E-state index in [0.29, 0.717) is 84.1 Å². The summed E-state index contributed by atoms with van der Waals surface area (Å²) in [5, 5.41) is 42.7. The molecule has 0 unspecified atom stereocenters. The third-order valence-corrected chi connectivity index (χ3v) is 15.5. The van der Waals surface area contributed by atoms with E-state index in [1.165, 1.54) is 16.2 Å². The van der Waals surface area contributed by atoms with E-state index in [0.717, 1.165) is 35.7 Å². The van der Waals surface area contributed by atoms with E-state index in [4.69, 9.17) is 47.3 Å². The number of hydrogen-bond donors (Lipinski definition) is 4. The summed E-state index contributed by atoms with van der Waals surface area (Å²) in [6, 6.07) is 39.1. The van der Waals surface area contributed by atoms with Gasteiger partial charge < -0.3 is 49.2 Å². The average molecular weight is 1250 g/mol. The van der Waals surface area contributed by atoms with Crippen LogP contribution in [0.4, 0.5) is 0 Å². The van der Waals surface area contributed by atoms with Crippen molar-refractivity contribution in [2.75, 3.05) is 69.7 Å². The number of aliphatic carboxylic acids is 2. The number of carbonyl (C=O) groups is 4. The minimum Gasteiger partial charge on any atom is -0.497 e. The molecule has 6 aromatic carbocycles. The van der Waals surface area contributed by atoms with E-state index in [-0.39, 0.29) is 58.8 Å². The molecule has 0 amide bonds. The van der Waals surface area contributed by atoms with Crippen molar-refractivity contribution in [3.8, 4) is 23.0 Å². The van der Waals surface area contributed by atoms with Crippen LogP contribution in [0, 0.1) is 18.8 Å². The molecule has 0 radical (unpaired) electrons. The van der Waals surface area contributed by atoms with Crippen molar-refractivity contribution in [1.82, 2.24) is 18.9 Å². The summed E-state index contributed by atoms with van der Waals surface area (Å²) in [6.45, 7) is 11.7. The van der Waals surface area contributed by atoms with Crippen LogP contribution < -0.4 is 18.9 Å². The van der Waals surface area contributed by atoms with E-state index in [1.807, 2.05) is 90.6 Å². The summed E-state index contributed by atoms with van der Waals surface area (Å²) < 4.78 is 23.9. The number of rotatable bonds is 20. The zero-order chi connectivity index (χ0) is 62.9. The highest BCUT2D eigenvalue weighted by Gasteiger charge is 2.36. The van der Waals surface area contributed by atoms with Gasteiger partial charge in [-0.25, -0.2) is 0 Å². The van der Waals surface area contributed by atoms with Gasteiger partial charge in [0.05, 0.1) is 63.5 Å². The number of carbonyl (C=O) groups excluding carboxylic acids is 2. The Bertz CT molecular complexity index is 3470. The van der Waals surface area contributed by atoms with Gasteiger partial charge in [0.1, 0.15) is 23.0 Å². The lowest BCUT2D eigenvalue weighted by Crippen LogP contribution is -2.38. The predicted octanol–water partition coefficient (Wildman–Crippen LogP) is 14.4. The maximum atomic E-state index is 13.0. The molecule has 0 aliphatic heterocycles. The number of fused-ring (bicyclic) bond motifs is 2. The van der Waals surface area contributed by atoms with E-state index in [1.54, 1.807) is 119 Å². The average Bonchev–Trinajstić information content (AvgIpc) is 1.64. The van der Waals surface area contributed by atoms with Gasteiger partial charge in [-0.05, 0) is 179 Å². The van der Waals surface area contributed by atoms with Gasteiger partial charge in [-0.1, -0.05) is 97.4 Å². The summed E-state index contributed by atoms with van der Waals surface area (Å²) in [5.74, 6) is 0.697. The van der Waals surface area contributed by atoms with Crippen molar-refractivity contribution in [3.63, 3.8) is 0 Å². The maximum Gasteiger partial charge on any atom is 0.307 e. The lowest BCUT2D eigenvalue weighted by Gasteiger charge is -2.35. The molecule has 2 aromatic heterocycles. The Balaban J connectivity index is 0.000000400. The zero-order valence-corrected chi connectivity index (χ0v) is 52.3. The molecule has 0 saturated carbocycles. The molecule has 8 rings (SSSR count). The van der Waals surface area contributed by atoms with Crippen LogP contribution in [0.5, 0.6) is 23.0 Å². The van der Waals surface area contributed by atoms with Gasteiger partial charge in [-0.3, -0.25) is 28.3 Å². The topological polar surface area (TPSA) is 202 Å². The van der Waals surface area contributed by atoms with Crippen molar-refractivity contribution in [2.45, 2.75) is 93.8 Å². The van der Waals surface area contributed by atoms with Crippen molar-refractivity contribution in [2.24, 2.45) is 11.8 Å². The third-order valence-electron chi connectivity index (χ3n) is 15.0. The van der Waals surface area contributed by atoms with Gasteiger partial charge in [0.2, 0.25) is 0 Å². The lowest BCUT2D eigenvalue weighted by atomic mass is 9.80. The molecule has 0 fully saturated rings. The number of ether oxygens (including phenoxy) is 4. The molecule has 4 N–H and O–H groups in total. The van der Waals surface area contributed by atoms with Gasteiger partial charge in [-0.15, -0.1) is 0 Å². The molecule has 0 aliphatic rings. The second-order valence-electron chi connectivity index (χ2n) is 21.3. The number of aromatic nitrogens is 2. The first kappa shape index (κ1) is 76.4. The number of nitrogens with zero attached hydrogens (tertiary/aromatic N) is 4. The molecule has 478 valence electrons. The van der Waals surface area contributed by atoms with Crippen LogP contribution in [0.25, 0.3) is 21.8 Å². The zero-order valence-electron chi connectivity index (χ0n) is 50.8. The Morgan fingerprint density at radius 1 is 0.534 bits per heavy atom. The SMILES string of the molecule is C.C.C.CC[C@](O)(c1cccc(OC)c1)[C@H](C)CN(C)C.CC[C@](O)(c1cccc(OC)c1)[C@H](C)CN(C)C.COc1ccc2c(c1)c(CC(=O)O)c(C)n2C(=O)c1ccc(Cl)cc1.COc1ccc2c(c1)c(CC(=O)O)cn2C(=O)c1ccc(Cl)cc1. The number of hydrogen-bond acceptors (Lipinski definition) is 12. The van der Waals surface area contributed by atoms with Crippen molar-refractivity contribution in [1.29, 1.82) is 0 Å². The Kier molecular flexibility index (Phi) is 30.2. The Morgan fingerprint density at radius 2 is 0.920 bits per heavy atom. The normalized spacial score (nSPS) is 12.7. The van der Waals surface area contributed by atoms with Crippen molar-refractivity contribution < 1.29 is 58.6 Å². The monoisotopic (exact) mass is 1250 g/mol. The van der Waals surface area contributed by atoms with E-state index < -0.39 is 23.1 Å². The molecule has 0 aliphatic carbocycles. The third kappa shape index (κ3) is 19.2. The summed E-state index contributed by atoms with van der Waals surface area (Å²) in [7, 11) is 14.5. The minimum atomic E-state index is -0.962. The fourth-order valence-corrected chi connectivity index (χ4v) is 10.7. The number of benzene rings is 6. The molecule has 0 spiro atoms. The number of carboxylic acids is 2. The van der Waals surface area contributed by atoms with Crippen LogP contribution in [0.2, 0.25) is 10.0 Å². The van der Waals surface area contributed by atoms with Crippen molar-refractivity contribution in [3.05, 3.63) is 189 Å². The molecule has 8 aromatic rings. The predicted molar refractivity (Wildman–Crippen MR) is 357 cm³/mol. The Labute approximate surface area is 530 Å². The minimum absolute atomic E-state index is 0. The highest BCUT2D eigenvalue weighted by atomic mass is 35.5. The van der Waals surface area contributed by atoms with Gasteiger partial charge in [0, 0.05) is 68.8 Å². The molecule has 4 atom stereocenters. The number of aliphatic hydroxyl groups is 2. The Morgan fingerprint density at radius 3 is 1.31 bits per heavy atom. The van der Waals surface area contributed by atoms with Crippen LogP contribution in [0.3, 0.4) is 0 Å². The number of carboxylic acid groups (broad SMARTS) is 2. The van der Waals surface area contributed by atoms with Crippen LogP contribution in [0.1, 0.15) is 111 Å². The number of methoxy groups -OCH3 is 4. The Hall–Kier alpha value is -7.70. The van der Waals surface area contributed by atoms with Crippen molar-refractivity contribution >= 4 is 68.8 Å². The highest BCUT2D eigenvalue weighted by molar-refractivity contribution is 6.31. The molecule has 2 heterocycles. The van der Waals surface area contributed by atoms with Gasteiger partial charge in [0.25, 0.3) is 11.8 Å². The van der Waals surface area contributed by atoms with Gasteiger partial charge in [0.15, 0.2) is 0 Å². The highest BCUT2D eigenvalue weighted by Crippen LogP contribution is 2.37. The summed E-state index contributed by atoms with van der Waals surface area (Å²) in [4.78, 5) is 52.3. The standard InChI is InChI=1S/C19H16ClNO4.C18H14ClNO4.2C15H25NO2.3CH4/c1-11-15(10-18(22)23)16-9-14(25-2)7-8-17(16)21(11)19(24)12-3-5-13(20)6-4-12;1-24-14-6-7-16-15(9-14)12(8-17(21)22)10-20(16)18(23)11-2-4-13(19)5-3-11;2*1-6-15(17,12(2)11-16(3)4)13-8-7-9-14(10-13)18-5;;;/h3-9H,10H2,1-2H3,(H,22,23);2-7,9-10H,8H2,1H3,(H,21,22);2*7-10,12,17H,6,11H2,1-5H3;3*1H4/t;;2*12-,15-;;;/m..11.../s1. The van der Waals surface area contributed by atoms with Crippen LogP contribution >= 0.6 is 23.2 Å². The maximum absolute atomic E-state index is 13.0. The van der Waals surface area contributed by atoms with Gasteiger partial charge in [-0.2, -0.15) is 0 Å². The lowest BCUT2D eigenvalue weighted by molar-refractivity contribution is -0.137. The fourth-order valence-electron chi connectivity index (χ4n) is 10.4. The smallest absolute Gasteiger partial charge is 0.307 e. The number of halogens is 2. The van der Waals surface area contributed by atoms with Crippen LogP contribution in [-0.4, -0.2) is 133 Å². The summed E-state index contributed by atoms with van der Waals surface area (Å²) >= 11 is 11.7. The summed E-state index contributed by atoms with van der Waals surface area (Å²) in [6.07, 6.45) is 2.60. The van der Waals surface area contributed by atoms with E-state index in [2.05, 4.69) is 23.6 Å². The second-order valence-corrected chi connectivity index (χ2v) is 22.2.